The average Bonchev–Trinajstić information content (AvgIpc) is 2.94. The molecule has 0 aliphatic heterocycles. The molecule has 2 aromatic heterocycles. The number of hydrogen-bond acceptors (Lipinski definition) is 2. The molecular weight excluding hydrogens is 270 g/mol. The van der Waals surface area contributed by atoms with Crippen molar-refractivity contribution >= 4 is 11.0 Å². The van der Waals surface area contributed by atoms with Gasteiger partial charge in [-0.1, -0.05) is 36.4 Å². The number of nitrogens with zero attached hydrogens (tertiary/aromatic N) is 3. The monoisotopic (exact) mass is 285 g/mol. The quantitative estimate of drug-likeness (QED) is 0.569. The minimum absolute atomic E-state index is 0.761. The molecular formula is C19H15N3. The lowest BCUT2D eigenvalue weighted by molar-refractivity contribution is 0.928. The summed E-state index contributed by atoms with van der Waals surface area (Å²) in [6, 6.07) is 22.7. The number of aromatic nitrogens is 3. The summed E-state index contributed by atoms with van der Waals surface area (Å²) in [4.78, 5) is 9.02. The predicted octanol–water partition coefficient (Wildman–Crippen LogP) is 4.01. The molecule has 0 atom stereocenters. The maximum Gasteiger partial charge on any atom is 0.118 e. The van der Waals surface area contributed by atoms with Crippen LogP contribution in [0.4, 0.5) is 0 Å². The first-order valence-electron chi connectivity index (χ1n) is 7.32. The zero-order valence-corrected chi connectivity index (χ0v) is 12.1. The van der Waals surface area contributed by atoms with E-state index in [-0.39, 0.29) is 0 Å². The molecule has 2 heterocycles. The Bertz CT molecular complexity index is 896. The van der Waals surface area contributed by atoms with Crippen molar-refractivity contribution in [2.45, 2.75) is 6.42 Å². The van der Waals surface area contributed by atoms with Gasteiger partial charge in [-0.2, -0.15) is 0 Å². The third-order valence-electron chi connectivity index (χ3n) is 3.73. The van der Waals surface area contributed by atoms with E-state index >= 15 is 0 Å². The number of benzene rings is 2. The van der Waals surface area contributed by atoms with Crippen LogP contribution >= 0.6 is 0 Å². The van der Waals surface area contributed by atoms with Crippen molar-refractivity contribution in [2.24, 2.45) is 0 Å². The molecule has 0 aliphatic rings. The molecule has 0 unspecified atom stereocenters. The van der Waals surface area contributed by atoms with Crippen molar-refractivity contribution in [3.05, 3.63) is 90.5 Å². The number of rotatable bonds is 3. The predicted molar refractivity (Wildman–Crippen MR) is 88.1 cm³/mol. The molecule has 4 aromatic rings. The molecule has 0 N–H and O–H groups in total. The Balaban J connectivity index is 1.90. The van der Waals surface area contributed by atoms with Gasteiger partial charge < -0.3 is 0 Å². The Labute approximate surface area is 128 Å². The first-order valence-corrected chi connectivity index (χ1v) is 7.32. The van der Waals surface area contributed by atoms with Crippen molar-refractivity contribution in [3.63, 3.8) is 0 Å². The molecule has 0 bridgehead atoms. The Morgan fingerprint density at radius 2 is 1.64 bits per heavy atom. The van der Waals surface area contributed by atoms with Gasteiger partial charge in [0.15, 0.2) is 0 Å². The Kier molecular flexibility index (Phi) is 3.16. The molecule has 106 valence electrons. The fraction of sp³-hybridized carbons (Fsp3) is 0.0526. The molecule has 2 aromatic carbocycles. The van der Waals surface area contributed by atoms with Gasteiger partial charge in [0.1, 0.15) is 5.82 Å². The molecule has 0 aliphatic carbocycles. The second-order valence-electron chi connectivity index (χ2n) is 5.23. The standard InChI is InChI=1S/C19H15N3/c1-2-8-16(9-3-1)22-18-11-5-4-10-17(18)21-19(22)13-15-7-6-12-20-14-15/h1-12,14H,13H2. The van der Waals surface area contributed by atoms with Gasteiger partial charge in [0, 0.05) is 24.5 Å². The Morgan fingerprint density at radius 1 is 0.818 bits per heavy atom. The van der Waals surface area contributed by atoms with Gasteiger partial charge in [0.05, 0.1) is 11.0 Å². The highest BCUT2D eigenvalue weighted by atomic mass is 15.1. The normalized spacial score (nSPS) is 10.9. The highest BCUT2D eigenvalue weighted by Gasteiger charge is 2.12. The van der Waals surface area contributed by atoms with Crippen molar-refractivity contribution in [2.75, 3.05) is 0 Å². The summed E-state index contributed by atoms with van der Waals surface area (Å²) < 4.78 is 2.22. The van der Waals surface area contributed by atoms with Crippen LogP contribution in [0.3, 0.4) is 0 Å². The SMILES string of the molecule is c1ccc(-n2c(Cc3cccnc3)nc3ccccc32)cc1. The lowest BCUT2D eigenvalue weighted by atomic mass is 10.2. The maximum absolute atomic E-state index is 4.82. The van der Waals surface area contributed by atoms with Gasteiger partial charge in [-0.25, -0.2) is 4.98 Å². The van der Waals surface area contributed by atoms with E-state index in [1.165, 1.54) is 0 Å². The van der Waals surface area contributed by atoms with Gasteiger partial charge in [-0.15, -0.1) is 0 Å². The van der Waals surface area contributed by atoms with Crippen LogP contribution in [0, 0.1) is 0 Å². The van der Waals surface area contributed by atoms with Crippen LogP contribution in [0.5, 0.6) is 0 Å². The second-order valence-corrected chi connectivity index (χ2v) is 5.23. The van der Waals surface area contributed by atoms with E-state index < -0.39 is 0 Å². The van der Waals surface area contributed by atoms with Gasteiger partial charge in [0.25, 0.3) is 0 Å². The fourth-order valence-corrected chi connectivity index (χ4v) is 2.74. The highest BCUT2D eigenvalue weighted by Crippen LogP contribution is 2.22. The minimum Gasteiger partial charge on any atom is -0.296 e. The second kappa shape index (κ2) is 5.45. The molecule has 22 heavy (non-hydrogen) atoms. The zero-order valence-electron chi connectivity index (χ0n) is 12.1. The molecule has 0 spiro atoms. The van der Waals surface area contributed by atoms with Gasteiger partial charge >= 0.3 is 0 Å². The zero-order chi connectivity index (χ0) is 14.8. The number of imidazole rings is 1. The molecule has 0 fully saturated rings. The molecule has 4 rings (SSSR count). The summed E-state index contributed by atoms with van der Waals surface area (Å²) >= 11 is 0. The highest BCUT2D eigenvalue weighted by molar-refractivity contribution is 5.78. The number of hydrogen-bond donors (Lipinski definition) is 0. The van der Waals surface area contributed by atoms with Crippen LogP contribution in [-0.2, 0) is 6.42 Å². The average molecular weight is 285 g/mol. The van der Waals surface area contributed by atoms with E-state index in [1.54, 1.807) is 6.20 Å². The largest absolute Gasteiger partial charge is 0.296 e. The third kappa shape index (κ3) is 2.27. The minimum atomic E-state index is 0.761. The summed E-state index contributed by atoms with van der Waals surface area (Å²) in [5.41, 5.74) is 4.45. The summed E-state index contributed by atoms with van der Waals surface area (Å²) in [6.07, 6.45) is 4.45. The van der Waals surface area contributed by atoms with Gasteiger partial charge in [-0.3, -0.25) is 9.55 Å². The topological polar surface area (TPSA) is 30.7 Å². The lowest BCUT2D eigenvalue weighted by Gasteiger charge is -2.09. The first kappa shape index (κ1) is 12.8. The Hall–Kier alpha value is -2.94. The van der Waals surface area contributed by atoms with E-state index in [0.29, 0.717) is 0 Å². The molecule has 0 radical (unpaired) electrons. The maximum atomic E-state index is 4.82. The van der Waals surface area contributed by atoms with E-state index in [0.717, 1.165) is 34.5 Å². The van der Waals surface area contributed by atoms with Crippen molar-refractivity contribution in [1.82, 2.24) is 14.5 Å². The van der Waals surface area contributed by atoms with Crippen molar-refractivity contribution in [1.29, 1.82) is 0 Å². The molecule has 3 heteroatoms. The van der Waals surface area contributed by atoms with E-state index in [4.69, 9.17) is 4.98 Å². The van der Waals surface area contributed by atoms with E-state index in [1.807, 2.05) is 24.4 Å². The van der Waals surface area contributed by atoms with Gasteiger partial charge in [0.2, 0.25) is 0 Å². The smallest absolute Gasteiger partial charge is 0.118 e. The van der Waals surface area contributed by atoms with Crippen molar-refractivity contribution in [3.8, 4) is 5.69 Å². The van der Waals surface area contributed by atoms with Crippen LogP contribution in [0.2, 0.25) is 0 Å². The summed E-state index contributed by atoms with van der Waals surface area (Å²) in [7, 11) is 0. The van der Waals surface area contributed by atoms with Crippen LogP contribution in [-0.4, -0.2) is 14.5 Å². The van der Waals surface area contributed by atoms with E-state index in [2.05, 4.69) is 58.1 Å². The fourth-order valence-electron chi connectivity index (χ4n) is 2.74. The van der Waals surface area contributed by atoms with Crippen LogP contribution in [0.25, 0.3) is 16.7 Å². The molecule has 0 saturated carbocycles. The number of fused-ring (bicyclic) bond motifs is 1. The summed E-state index contributed by atoms with van der Waals surface area (Å²) in [5, 5.41) is 0. The number of para-hydroxylation sites is 3. The first-order chi connectivity index (χ1) is 10.9. The molecule has 3 nitrogen and oxygen atoms in total. The molecule has 0 saturated heterocycles. The number of pyridine rings is 1. The summed E-state index contributed by atoms with van der Waals surface area (Å²) in [6.45, 7) is 0. The van der Waals surface area contributed by atoms with Crippen LogP contribution < -0.4 is 0 Å². The third-order valence-corrected chi connectivity index (χ3v) is 3.73. The van der Waals surface area contributed by atoms with Crippen LogP contribution in [0.1, 0.15) is 11.4 Å². The summed E-state index contributed by atoms with van der Waals surface area (Å²) in [5.74, 6) is 1.03. The van der Waals surface area contributed by atoms with E-state index in [9.17, 15) is 0 Å². The van der Waals surface area contributed by atoms with Gasteiger partial charge in [-0.05, 0) is 35.9 Å². The van der Waals surface area contributed by atoms with Crippen molar-refractivity contribution < 1.29 is 0 Å². The lowest BCUT2D eigenvalue weighted by Crippen LogP contribution is -2.02. The Morgan fingerprint density at radius 3 is 2.45 bits per heavy atom. The van der Waals surface area contributed by atoms with Crippen LogP contribution in [0.15, 0.2) is 79.1 Å². The molecule has 0 amide bonds.